The van der Waals surface area contributed by atoms with Crippen molar-refractivity contribution in [1.29, 1.82) is 0 Å². The van der Waals surface area contributed by atoms with Crippen molar-refractivity contribution in [2.45, 2.75) is 26.2 Å². The topological polar surface area (TPSA) is 77.2 Å². The van der Waals surface area contributed by atoms with E-state index in [0.717, 1.165) is 37.8 Å². The number of aryl methyl sites for hydroxylation is 1. The third-order valence-corrected chi connectivity index (χ3v) is 6.65. The molecule has 6 nitrogen and oxygen atoms in total. The molecule has 5 rings (SSSR count). The minimum atomic E-state index is -0.700. The average Bonchev–Trinajstić information content (AvgIpc) is 3.55. The van der Waals surface area contributed by atoms with Crippen LogP contribution in [-0.4, -0.2) is 47.9 Å². The maximum Gasteiger partial charge on any atom is 0.256 e. The number of carbonyl (C=O) groups is 2. The van der Waals surface area contributed by atoms with Crippen molar-refractivity contribution in [3.05, 3.63) is 76.6 Å². The van der Waals surface area contributed by atoms with Crippen LogP contribution in [0.1, 0.15) is 46.6 Å². The van der Waals surface area contributed by atoms with Crippen LogP contribution >= 0.6 is 0 Å². The molecule has 36 heavy (non-hydrogen) atoms. The lowest BCUT2D eigenvalue weighted by atomic mass is 9.94. The molecule has 2 amide bonds. The minimum Gasteiger partial charge on any atom is -0.358 e. The van der Waals surface area contributed by atoms with E-state index in [1.54, 1.807) is 30.3 Å². The summed E-state index contributed by atoms with van der Waals surface area (Å²) in [4.78, 5) is 31.5. The number of hydrogen-bond acceptors (Lipinski definition) is 3. The van der Waals surface area contributed by atoms with Crippen molar-refractivity contribution in [1.82, 2.24) is 15.2 Å². The Morgan fingerprint density at radius 2 is 1.86 bits per heavy atom. The molecule has 0 unspecified atom stereocenters. The van der Waals surface area contributed by atoms with Gasteiger partial charge in [0, 0.05) is 29.6 Å². The summed E-state index contributed by atoms with van der Waals surface area (Å²) in [6.07, 6.45) is 4.97. The molecule has 1 fully saturated rings. The highest BCUT2D eigenvalue weighted by molar-refractivity contribution is 6.36. The maximum atomic E-state index is 14.0. The van der Waals surface area contributed by atoms with Crippen LogP contribution in [0.25, 0.3) is 22.8 Å². The van der Waals surface area contributed by atoms with Gasteiger partial charge < -0.3 is 20.5 Å². The monoisotopic (exact) mass is 490 g/mol. The summed E-state index contributed by atoms with van der Waals surface area (Å²) in [7, 11) is 0. The summed E-state index contributed by atoms with van der Waals surface area (Å²) in [5, 5.41) is 5.80. The number of nitrogens with zero attached hydrogens (tertiary/aromatic N) is 1. The predicted octanol–water partition coefficient (Wildman–Crippen LogP) is 4.98. The van der Waals surface area contributed by atoms with Gasteiger partial charge >= 0.3 is 0 Å². The zero-order valence-electron chi connectivity index (χ0n) is 20.1. The van der Waals surface area contributed by atoms with E-state index in [4.69, 9.17) is 0 Å². The number of rotatable bonds is 7. The molecule has 0 saturated carbocycles. The third-order valence-electron chi connectivity index (χ3n) is 6.65. The number of aromatic nitrogens is 1. The van der Waals surface area contributed by atoms with Gasteiger partial charge in [-0.2, -0.15) is 0 Å². The Morgan fingerprint density at radius 1 is 1.11 bits per heavy atom. The Morgan fingerprint density at radius 3 is 2.61 bits per heavy atom. The van der Waals surface area contributed by atoms with Crippen LogP contribution in [0, 0.1) is 18.6 Å². The van der Waals surface area contributed by atoms with Gasteiger partial charge in [-0.3, -0.25) is 9.59 Å². The van der Waals surface area contributed by atoms with Crippen LogP contribution in [0.4, 0.5) is 14.5 Å². The summed E-state index contributed by atoms with van der Waals surface area (Å²) in [5.74, 6) is -1.96. The second-order valence-corrected chi connectivity index (χ2v) is 9.34. The van der Waals surface area contributed by atoms with Crippen LogP contribution < -0.4 is 10.6 Å². The van der Waals surface area contributed by atoms with Crippen molar-refractivity contribution in [2.75, 3.05) is 31.5 Å². The lowest BCUT2D eigenvalue weighted by Crippen LogP contribution is -2.28. The predicted molar refractivity (Wildman–Crippen MR) is 136 cm³/mol. The summed E-state index contributed by atoms with van der Waals surface area (Å²) in [5.41, 5.74) is 3.97. The molecule has 0 radical (unpaired) electrons. The molecule has 1 saturated heterocycles. The smallest absolute Gasteiger partial charge is 0.256 e. The normalized spacial score (nSPS) is 16.4. The van der Waals surface area contributed by atoms with Gasteiger partial charge in [-0.25, -0.2) is 8.78 Å². The summed E-state index contributed by atoms with van der Waals surface area (Å²) in [6, 6.07) is 10.2. The fourth-order valence-electron chi connectivity index (χ4n) is 5.00. The number of H-pyrrole nitrogens is 1. The first-order chi connectivity index (χ1) is 17.4. The second kappa shape index (κ2) is 10.1. The van der Waals surface area contributed by atoms with Crippen molar-refractivity contribution < 1.29 is 18.4 Å². The molecule has 2 aliphatic heterocycles. The number of benzene rings is 2. The summed E-state index contributed by atoms with van der Waals surface area (Å²) < 4.78 is 27.9. The molecule has 0 spiro atoms. The second-order valence-electron chi connectivity index (χ2n) is 9.34. The number of nitrogens with one attached hydrogen (secondary N) is 3. The number of aromatic amines is 1. The fraction of sp³-hybridized carbons (Fsp3) is 0.286. The highest BCUT2D eigenvalue weighted by Gasteiger charge is 2.28. The largest absolute Gasteiger partial charge is 0.358 e. The Kier molecular flexibility index (Phi) is 6.69. The maximum absolute atomic E-state index is 14.0. The van der Waals surface area contributed by atoms with Gasteiger partial charge in [-0.15, -0.1) is 0 Å². The third kappa shape index (κ3) is 4.95. The molecule has 3 heterocycles. The van der Waals surface area contributed by atoms with Crippen LogP contribution in [0.15, 0.2) is 42.5 Å². The first-order valence-electron chi connectivity index (χ1n) is 12.2. The van der Waals surface area contributed by atoms with Gasteiger partial charge in [0.1, 0.15) is 11.6 Å². The van der Waals surface area contributed by atoms with Crippen molar-refractivity contribution >= 4 is 29.2 Å². The minimum absolute atomic E-state index is 0.216. The van der Waals surface area contributed by atoms with Crippen LogP contribution in [0.3, 0.4) is 0 Å². The number of anilines is 1. The highest BCUT2D eigenvalue weighted by atomic mass is 19.1. The van der Waals surface area contributed by atoms with Crippen LogP contribution in [0.5, 0.6) is 0 Å². The van der Waals surface area contributed by atoms with Crippen LogP contribution in [0.2, 0.25) is 0 Å². The van der Waals surface area contributed by atoms with Gasteiger partial charge in [0.05, 0.1) is 16.8 Å². The Labute approximate surface area is 208 Å². The van der Waals surface area contributed by atoms with Gasteiger partial charge in [0.25, 0.3) is 11.8 Å². The molecular weight excluding hydrogens is 462 g/mol. The van der Waals surface area contributed by atoms with E-state index in [1.807, 2.05) is 6.92 Å². The van der Waals surface area contributed by atoms with Crippen LogP contribution in [-0.2, 0) is 4.79 Å². The SMILES string of the molecule is Cc1cc(C(=O)NCCCN2CCCC2)c(/C=C2\C(=O)Nc3cccc(-c4cc(F)cc(F)c4)c32)[nH]1. The lowest BCUT2D eigenvalue weighted by molar-refractivity contribution is -0.110. The first kappa shape index (κ1) is 23.9. The van der Waals surface area contributed by atoms with E-state index >= 15 is 0 Å². The Hall–Kier alpha value is -3.78. The number of halogens is 2. The molecule has 0 aliphatic carbocycles. The number of carbonyl (C=O) groups excluding carboxylic acids is 2. The molecule has 2 aromatic carbocycles. The summed E-state index contributed by atoms with van der Waals surface area (Å²) in [6.45, 7) is 5.61. The molecule has 0 bridgehead atoms. The molecule has 0 atom stereocenters. The van der Waals surface area contributed by atoms with Gasteiger partial charge in [-0.05, 0) is 87.3 Å². The number of hydrogen-bond donors (Lipinski definition) is 3. The first-order valence-corrected chi connectivity index (χ1v) is 12.2. The van der Waals surface area contributed by atoms with E-state index in [-0.39, 0.29) is 11.8 Å². The van der Waals surface area contributed by atoms with Gasteiger partial charge in [0.15, 0.2) is 0 Å². The number of fused-ring (bicyclic) bond motifs is 1. The highest BCUT2D eigenvalue weighted by Crippen LogP contribution is 2.41. The number of amides is 2. The van der Waals surface area contributed by atoms with E-state index < -0.39 is 11.6 Å². The quantitative estimate of drug-likeness (QED) is 0.323. The van der Waals surface area contributed by atoms with E-state index in [9.17, 15) is 18.4 Å². The Balaban J connectivity index is 1.43. The van der Waals surface area contributed by atoms with Gasteiger partial charge in [-0.1, -0.05) is 12.1 Å². The molecule has 8 heteroatoms. The molecule has 1 aromatic heterocycles. The van der Waals surface area contributed by atoms with E-state index in [1.165, 1.54) is 25.0 Å². The fourth-order valence-corrected chi connectivity index (χ4v) is 5.00. The number of likely N-dealkylation sites (tertiary alicyclic amines) is 1. The Bertz CT molecular complexity index is 1340. The van der Waals surface area contributed by atoms with Gasteiger partial charge in [0.2, 0.25) is 0 Å². The van der Waals surface area contributed by atoms with Crippen molar-refractivity contribution in [3.8, 4) is 11.1 Å². The summed E-state index contributed by atoms with van der Waals surface area (Å²) >= 11 is 0. The zero-order valence-corrected chi connectivity index (χ0v) is 20.1. The molecule has 186 valence electrons. The van der Waals surface area contributed by atoms with Crippen molar-refractivity contribution in [2.24, 2.45) is 0 Å². The lowest BCUT2D eigenvalue weighted by Gasteiger charge is -2.14. The molecule has 2 aliphatic rings. The average molecular weight is 491 g/mol. The van der Waals surface area contributed by atoms with E-state index in [2.05, 4.69) is 20.5 Å². The molecule has 3 aromatic rings. The van der Waals surface area contributed by atoms with E-state index in [0.29, 0.717) is 45.8 Å². The van der Waals surface area contributed by atoms with Crippen molar-refractivity contribution in [3.63, 3.8) is 0 Å². The molecule has 3 N–H and O–H groups in total. The standard InChI is InChI=1S/C28H28F2N4O2/c1-17-12-22(27(35)31-8-5-11-34-9-2-3-10-34)25(32-17)16-23-26-21(6-4-7-24(26)33-28(23)36)18-13-19(29)15-20(30)14-18/h4,6-7,12-16,32H,2-3,5,8-11H2,1H3,(H,31,35)(H,33,36)/b23-16-. The molecular formula is C28H28F2N4O2. The zero-order chi connectivity index (χ0) is 25.2.